The van der Waals surface area contributed by atoms with E-state index in [4.69, 9.17) is 10.5 Å². The first-order chi connectivity index (χ1) is 8.69. The molecule has 104 valence electrons. The van der Waals surface area contributed by atoms with Gasteiger partial charge in [0, 0.05) is 29.9 Å². The summed E-state index contributed by atoms with van der Waals surface area (Å²) in [5, 5.41) is 13.1. The van der Waals surface area contributed by atoms with Gasteiger partial charge in [0.15, 0.2) is 0 Å². The van der Waals surface area contributed by atoms with E-state index in [1.165, 1.54) is 18.2 Å². The highest BCUT2D eigenvalue weighted by Gasteiger charge is 2.16. The van der Waals surface area contributed by atoms with E-state index in [2.05, 4.69) is 5.32 Å². The Kier molecular flexibility index (Phi) is 4.31. The summed E-state index contributed by atoms with van der Waals surface area (Å²) in [4.78, 5) is 21.6. The molecule has 0 spiro atoms. The van der Waals surface area contributed by atoms with Gasteiger partial charge in [-0.2, -0.15) is 0 Å². The summed E-state index contributed by atoms with van der Waals surface area (Å²) in [6, 6.07) is 4.07. The highest BCUT2D eigenvalue weighted by Crippen LogP contribution is 2.19. The highest BCUT2D eigenvalue weighted by molar-refractivity contribution is 5.68. The molecular weight excluding hydrogens is 250 g/mol. The Balaban J connectivity index is 2.70. The van der Waals surface area contributed by atoms with Crippen molar-refractivity contribution in [3.63, 3.8) is 0 Å². The van der Waals surface area contributed by atoms with Gasteiger partial charge in [-0.3, -0.25) is 10.1 Å². The van der Waals surface area contributed by atoms with Crippen LogP contribution in [-0.4, -0.2) is 16.6 Å². The maximum absolute atomic E-state index is 11.5. The number of carbonyl (C=O) groups is 1. The van der Waals surface area contributed by atoms with Crippen molar-refractivity contribution in [3.05, 3.63) is 33.9 Å². The molecule has 7 nitrogen and oxygen atoms in total. The van der Waals surface area contributed by atoms with Crippen LogP contribution >= 0.6 is 0 Å². The minimum absolute atomic E-state index is 0.0719. The quantitative estimate of drug-likeness (QED) is 0.496. The van der Waals surface area contributed by atoms with Crippen LogP contribution in [0.5, 0.6) is 0 Å². The number of nitro groups is 1. The molecule has 0 atom stereocenters. The van der Waals surface area contributed by atoms with Crippen LogP contribution < -0.4 is 11.1 Å². The standard InChI is InChI=1S/C12H17N3O4/c1-12(2,3)19-11(16)14-7-8-6-9(15(17)18)4-5-10(8)13/h4-6H,7,13H2,1-3H3,(H,14,16). The number of non-ortho nitro benzene ring substituents is 1. The van der Waals surface area contributed by atoms with Crippen molar-refractivity contribution in [3.8, 4) is 0 Å². The predicted molar refractivity (Wildman–Crippen MR) is 70.6 cm³/mol. The average Bonchev–Trinajstić information content (AvgIpc) is 2.25. The summed E-state index contributed by atoms with van der Waals surface area (Å²) in [6.45, 7) is 5.30. The van der Waals surface area contributed by atoms with Crippen LogP contribution in [0, 0.1) is 10.1 Å². The smallest absolute Gasteiger partial charge is 0.407 e. The van der Waals surface area contributed by atoms with Gasteiger partial charge < -0.3 is 15.8 Å². The molecule has 1 aromatic rings. The number of nitrogens with two attached hydrogens (primary N) is 1. The topological polar surface area (TPSA) is 107 Å². The van der Waals surface area contributed by atoms with Gasteiger partial charge in [0.05, 0.1) is 4.92 Å². The SMILES string of the molecule is CC(C)(C)OC(=O)NCc1cc([N+](=O)[O-])ccc1N. The van der Waals surface area contributed by atoms with Crippen molar-refractivity contribution in [2.45, 2.75) is 32.9 Å². The first-order valence-electron chi connectivity index (χ1n) is 5.68. The molecule has 0 aliphatic rings. The maximum atomic E-state index is 11.5. The fourth-order valence-corrected chi connectivity index (χ4v) is 1.34. The van der Waals surface area contributed by atoms with Gasteiger partial charge in [0.1, 0.15) is 5.60 Å². The Labute approximate surface area is 110 Å². The number of rotatable bonds is 3. The summed E-state index contributed by atoms with van der Waals surface area (Å²) in [6.07, 6.45) is -0.599. The highest BCUT2D eigenvalue weighted by atomic mass is 16.6. The van der Waals surface area contributed by atoms with Crippen LogP contribution in [0.15, 0.2) is 18.2 Å². The number of nitrogen functional groups attached to an aromatic ring is 1. The Morgan fingerprint density at radius 1 is 1.47 bits per heavy atom. The zero-order valence-electron chi connectivity index (χ0n) is 11.1. The van der Waals surface area contributed by atoms with Gasteiger partial charge in [0.2, 0.25) is 0 Å². The molecule has 0 bridgehead atoms. The normalized spacial score (nSPS) is 10.9. The summed E-state index contributed by atoms with van der Waals surface area (Å²) in [7, 11) is 0. The third-order valence-electron chi connectivity index (χ3n) is 2.16. The molecule has 0 fully saturated rings. The number of nitrogens with one attached hydrogen (secondary N) is 1. The van der Waals surface area contributed by atoms with E-state index in [1.54, 1.807) is 20.8 Å². The van der Waals surface area contributed by atoms with Crippen molar-refractivity contribution >= 4 is 17.5 Å². The van der Waals surface area contributed by atoms with Crippen LogP contribution in [0.4, 0.5) is 16.2 Å². The zero-order valence-corrected chi connectivity index (χ0v) is 11.1. The van der Waals surface area contributed by atoms with Crippen LogP contribution in [0.1, 0.15) is 26.3 Å². The number of benzene rings is 1. The second-order valence-corrected chi connectivity index (χ2v) is 5.00. The van der Waals surface area contributed by atoms with Crippen LogP contribution in [0.25, 0.3) is 0 Å². The number of amides is 1. The number of alkyl carbamates (subject to hydrolysis) is 1. The third kappa shape index (κ3) is 4.82. The molecule has 0 aromatic heterocycles. The first-order valence-corrected chi connectivity index (χ1v) is 5.68. The second-order valence-electron chi connectivity index (χ2n) is 5.00. The molecule has 0 radical (unpaired) electrons. The molecule has 1 aromatic carbocycles. The molecule has 0 heterocycles. The van der Waals surface area contributed by atoms with Gasteiger partial charge in [-0.05, 0) is 26.8 Å². The van der Waals surface area contributed by atoms with E-state index in [0.29, 0.717) is 11.3 Å². The van der Waals surface area contributed by atoms with Crippen LogP contribution in [-0.2, 0) is 11.3 Å². The fourth-order valence-electron chi connectivity index (χ4n) is 1.34. The van der Waals surface area contributed by atoms with Gasteiger partial charge in [-0.1, -0.05) is 0 Å². The zero-order chi connectivity index (χ0) is 14.6. The van der Waals surface area contributed by atoms with Crippen molar-refractivity contribution in [1.82, 2.24) is 5.32 Å². The molecule has 0 saturated heterocycles. The minimum atomic E-state index is -0.599. The Morgan fingerprint density at radius 2 is 2.11 bits per heavy atom. The lowest BCUT2D eigenvalue weighted by Crippen LogP contribution is -2.32. The summed E-state index contributed by atoms with van der Waals surface area (Å²) >= 11 is 0. The summed E-state index contributed by atoms with van der Waals surface area (Å²) < 4.78 is 5.05. The maximum Gasteiger partial charge on any atom is 0.407 e. The van der Waals surface area contributed by atoms with Crippen LogP contribution in [0.2, 0.25) is 0 Å². The van der Waals surface area contributed by atoms with Crippen LogP contribution in [0.3, 0.4) is 0 Å². The molecule has 1 rings (SSSR count). The molecular formula is C12H17N3O4. The van der Waals surface area contributed by atoms with E-state index in [1.807, 2.05) is 0 Å². The number of hydrogen-bond acceptors (Lipinski definition) is 5. The largest absolute Gasteiger partial charge is 0.444 e. The van der Waals surface area contributed by atoms with E-state index >= 15 is 0 Å². The lowest BCUT2D eigenvalue weighted by atomic mass is 10.1. The first kappa shape index (κ1) is 14.7. The van der Waals surface area contributed by atoms with Gasteiger partial charge in [0.25, 0.3) is 5.69 Å². The number of hydrogen-bond donors (Lipinski definition) is 2. The van der Waals surface area contributed by atoms with Crippen molar-refractivity contribution in [1.29, 1.82) is 0 Å². The Bertz CT molecular complexity index is 494. The number of nitrogens with zero attached hydrogens (tertiary/aromatic N) is 1. The van der Waals surface area contributed by atoms with Gasteiger partial charge >= 0.3 is 6.09 Å². The lowest BCUT2D eigenvalue weighted by Gasteiger charge is -2.19. The van der Waals surface area contributed by atoms with Crippen molar-refractivity contribution < 1.29 is 14.5 Å². The third-order valence-corrected chi connectivity index (χ3v) is 2.16. The second kappa shape index (κ2) is 5.55. The number of ether oxygens (including phenoxy) is 1. The van der Waals surface area contributed by atoms with E-state index in [0.717, 1.165) is 0 Å². The fraction of sp³-hybridized carbons (Fsp3) is 0.417. The molecule has 7 heteroatoms. The lowest BCUT2D eigenvalue weighted by molar-refractivity contribution is -0.384. The average molecular weight is 267 g/mol. The Morgan fingerprint density at radius 3 is 2.63 bits per heavy atom. The molecule has 0 aliphatic heterocycles. The van der Waals surface area contributed by atoms with Crippen molar-refractivity contribution in [2.75, 3.05) is 5.73 Å². The molecule has 0 unspecified atom stereocenters. The molecule has 0 saturated carbocycles. The molecule has 1 amide bonds. The summed E-state index contributed by atoms with van der Waals surface area (Å²) in [5.74, 6) is 0. The number of anilines is 1. The van der Waals surface area contributed by atoms with E-state index in [-0.39, 0.29) is 12.2 Å². The van der Waals surface area contributed by atoms with E-state index in [9.17, 15) is 14.9 Å². The van der Waals surface area contributed by atoms with E-state index < -0.39 is 16.6 Å². The Hall–Kier alpha value is -2.31. The number of nitro benzene ring substituents is 1. The van der Waals surface area contributed by atoms with Gasteiger partial charge in [-0.15, -0.1) is 0 Å². The molecule has 19 heavy (non-hydrogen) atoms. The molecule has 3 N–H and O–H groups in total. The number of carbonyl (C=O) groups excluding carboxylic acids is 1. The minimum Gasteiger partial charge on any atom is -0.444 e. The van der Waals surface area contributed by atoms with Crippen molar-refractivity contribution in [2.24, 2.45) is 0 Å². The van der Waals surface area contributed by atoms with Gasteiger partial charge in [-0.25, -0.2) is 4.79 Å². The summed E-state index contributed by atoms with van der Waals surface area (Å²) in [5.41, 5.74) is 5.86. The monoisotopic (exact) mass is 267 g/mol. The molecule has 0 aliphatic carbocycles. The predicted octanol–water partition coefficient (Wildman–Crippen LogP) is 2.20.